The second-order valence-electron chi connectivity index (χ2n) is 11.6. The monoisotopic (exact) mass is 690 g/mol. The third-order valence-corrected chi connectivity index (χ3v) is 8.82. The van der Waals surface area contributed by atoms with Crippen molar-refractivity contribution in [1.82, 2.24) is 0 Å². The third kappa shape index (κ3) is 4.43. The van der Waals surface area contributed by atoms with E-state index in [0.29, 0.717) is 0 Å². The van der Waals surface area contributed by atoms with Crippen molar-refractivity contribution in [2.75, 3.05) is 0 Å². The van der Waals surface area contributed by atoms with Gasteiger partial charge in [0.1, 0.15) is 11.2 Å². The van der Waals surface area contributed by atoms with Gasteiger partial charge in [0.25, 0.3) is 0 Å². The summed E-state index contributed by atoms with van der Waals surface area (Å²) in [5.41, 5.74) is -5.20. The van der Waals surface area contributed by atoms with E-state index in [1.54, 1.807) is 0 Å². The Bertz CT molecular complexity index is 4870. The van der Waals surface area contributed by atoms with Crippen LogP contribution >= 0.6 is 0 Å². The van der Waals surface area contributed by atoms with Crippen molar-refractivity contribution in [2.24, 2.45) is 0 Å². The molecular weight excluding hydrogens is 629 g/mol. The van der Waals surface area contributed by atoms with Gasteiger partial charge < -0.3 is 4.42 Å². The Morgan fingerprint density at radius 3 is 1.75 bits per heavy atom. The van der Waals surface area contributed by atoms with E-state index < -0.39 is 297 Å². The molecule has 0 saturated heterocycles. The minimum atomic E-state index is -1.01. The summed E-state index contributed by atoms with van der Waals surface area (Å²) in [5.74, 6) is 0. The summed E-state index contributed by atoms with van der Waals surface area (Å²) in [4.78, 5) is 0. The van der Waals surface area contributed by atoms with Crippen LogP contribution in [0.1, 0.15) is 52.2 Å². The van der Waals surface area contributed by atoms with Gasteiger partial charge in [-0.15, -0.1) is 0 Å². The van der Waals surface area contributed by atoms with Crippen LogP contribution in [0, 0.1) is 0 Å². The summed E-state index contributed by atoms with van der Waals surface area (Å²) in [7, 11) is 0. The Labute approximate surface area is 343 Å². The zero-order chi connectivity index (χ0) is 60.3. The van der Waals surface area contributed by atoms with Crippen molar-refractivity contribution >= 4 is 75.8 Å². The molecule has 1 nitrogen and oxygen atoms in total. The molecule has 0 saturated carbocycles. The Morgan fingerprint density at radius 1 is 0.404 bits per heavy atom. The molecule has 0 atom stereocenters. The predicted molar refractivity (Wildman–Crippen MR) is 221 cm³/mol. The average molecular weight is 691 g/mol. The van der Waals surface area contributed by atoms with Crippen LogP contribution in [-0.4, -0.2) is 0 Å². The summed E-state index contributed by atoms with van der Waals surface area (Å²) in [6.45, 7) is 0. The molecule has 1 heterocycles. The van der Waals surface area contributed by atoms with E-state index in [1.165, 1.54) is 0 Å². The maximum absolute atomic E-state index is 9.77. The number of fused-ring (bicyclic) bond motifs is 10. The van der Waals surface area contributed by atoms with E-state index in [2.05, 4.69) is 0 Å². The van der Waals surface area contributed by atoms with Gasteiger partial charge in [-0.25, -0.2) is 0 Å². The van der Waals surface area contributed by atoms with Gasteiger partial charge in [-0.1, -0.05) is 163 Å². The normalized spacial score (nSPS) is 20.0. The van der Waals surface area contributed by atoms with E-state index in [1.807, 2.05) is 0 Å². The van der Waals surface area contributed by atoms with Crippen LogP contribution in [-0.2, 0) is 6.42 Å². The fourth-order valence-corrected chi connectivity index (χ4v) is 6.59. The lowest BCUT2D eigenvalue weighted by Gasteiger charge is -2.18. The third-order valence-electron chi connectivity index (χ3n) is 8.82. The molecule has 242 valence electrons. The molecular formula is C51H32O. The highest BCUT2D eigenvalue weighted by molar-refractivity contribution is 6.24. The van der Waals surface area contributed by atoms with E-state index >= 15 is 0 Å². The standard InChI is InChI=1S/C51H32O/c1-3-15-38-33(12-1)23-24-35-25-26-37(31-46(35)38)36-14-9-11-32(29-36)30-47-40-17-5-7-19-42(40)49(43-20-8-6-18-41(43)47)44-21-10-22-48-50(44)45-28-27-34-13-2-4-16-39(34)51(45)52-48/h1-29,31H,30H2/i1D,2D,3D,4D,5D,6D,7D,8D,9D,10D,11D,12D,13D,14D,15D,16D,17D,18D,19D,20D,21D,22D,23D,24D,25D,26D,27D,28D,29D,31D. The Balaban J connectivity index is 1.34. The molecule has 0 N–H and O–H groups in total. The summed E-state index contributed by atoms with van der Waals surface area (Å²) in [5, 5.41) is -6.69. The van der Waals surface area contributed by atoms with Gasteiger partial charge in [0.2, 0.25) is 0 Å². The van der Waals surface area contributed by atoms with Crippen LogP contribution in [0.4, 0.5) is 0 Å². The van der Waals surface area contributed by atoms with E-state index in [4.69, 9.17) is 31.8 Å². The maximum atomic E-state index is 9.77. The molecule has 1 heteroatoms. The lowest BCUT2D eigenvalue weighted by Crippen LogP contribution is -1.96. The number of hydrogen-bond donors (Lipinski definition) is 0. The van der Waals surface area contributed by atoms with Crippen LogP contribution in [0.5, 0.6) is 0 Å². The zero-order valence-electron chi connectivity index (χ0n) is 56.1. The van der Waals surface area contributed by atoms with Crippen molar-refractivity contribution in [3.05, 3.63) is 192 Å². The zero-order valence-corrected chi connectivity index (χ0v) is 26.1. The smallest absolute Gasteiger partial charge is 0.143 e. The fourth-order valence-electron chi connectivity index (χ4n) is 6.59. The Morgan fingerprint density at radius 2 is 0.981 bits per heavy atom. The highest BCUT2D eigenvalue weighted by Gasteiger charge is 2.20. The van der Waals surface area contributed by atoms with Crippen LogP contribution < -0.4 is 0 Å². The number of rotatable bonds is 4. The molecule has 11 aromatic rings. The largest absolute Gasteiger partial charge is 0.455 e. The van der Waals surface area contributed by atoms with E-state index in [-0.39, 0.29) is 0 Å². The van der Waals surface area contributed by atoms with E-state index in [0.717, 1.165) is 0 Å². The molecule has 10 aromatic carbocycles. The maximum Gasteiger partial charge on any atom is 0.143 e. The molecule has 0 bridgehead atoms. The van der Waals surface area contributed by atoms with Crippen LogP contribution in [0.2, 0.25) is 0 Å². The number of furan rings is 1. The molecule has 1 aromatic heterocycles. The highest BCUT2D eigenvalue weighted by Crippen LogP contribution is 2.46. The van der Waals surface area contributed by atoms with Gasteiger partial charge in [-0.3, -0.25) is 0 Å². The van der Waals surface area contributed by atoms with Crippen LogP contribution in [0.25, 0.3) is 98.1 Å². The molecule has 0 aliphatic carbocycles. The topological polar surface area (TPSA) is 13.1 Å². The molecule has 0 radical (unpaired) electrons. The highest BCUT2D eigenvalue weighted by atomic mass is 16.3. The molecule has 0 aliphatic heterocycles. The molecule has 0 unspecified atom stereocenters. The summed E-state index contributed by atoms with van der Waals surface area (Å²) in [6.07, 6.45) is -1.01. The summed E-state index contributed by atoms with van der Waals surface area (Å²) < 4.78 is 278. The lowest BCUT2D eigenvalue weighted by atomic mass is 9.85. The summed E-state index contributed by atoms with van der Waals surface area (Å²) in [6, 6.07) is -26.4. The van der Waals surface area contributed by atoms with Crippen molar-refractivity contribution in [2.45, 2.75) is 6.42 Å². The van der Waals surface area contributed by atoms with Gasteiger partial charge >= 0.3 is 0 Å². The van der Waals surface area contributed by atoms with Crippen molar-refractivity contribution in [3.8, 4) is 22.3 Å². The first kappa shape index (κ1) is 12.2. The Hall–Kier alpha value is -6.70. The van der Waals surface area contributed by atoms with Crippen LogP contribution in [0.3, 0.4) is 0 Å². The summed E-state index contributed by atoms with van der Waals surface area (Å²) >= 11 is 0. The second kappa shape index (κ2) is 11.4. The SMILES string of the molecule is [2H]c1c([2H])c(Cc2c3c([2H])c([2H])c([2H])c([2H])c3c(-c3c([2H])c([2H])c([2H])c4oc5c6c([2H])c([2H])c([2H])c([2H])c6c([2H])c([2H])c5c34)c3c([2H])c([2H])c([2H])c([2H])c23)c([2H])c(-c2c([2H])c([2H])c3c([2H])c([2H])c4c([2H])c([2H])c([2H])c([2H])c4c3c2[2H])c1[2H]. The first-order chi connectivity index (χ1) is 38.3. The Kier molecular flexibility index (Phi) is 2.68. The minimum Gasteiger partial charge on any atom is -0.455 e. The minimum absolute atomic E-state index is 0.457. The second-order valence-corrected chi connectivity index (χ2v) is 11.6. The molecule has 0 aliphatic rings. The predicted octanol–water partition coefficient (Wildman–Crippen LogP) is 14.3. The number of benzene rings is 10. The van der Waals surface area contributed by atoms with E-state index in [9.17, 15) is 13.7 Å². The van der Waals surface area contributed by atoms with Gasteiger partial charge in [0.05, 0.1) is 41.1 Å². The molecule has 0 amide bonds. The number of hydrogen-bond acceptors (Lipinski definition) is 1. The average Bonchev–Trinajstić information content (AvgIpc) is 2.05. The van der Waals surface area contributed by atoms with Gasteiger partial charge in [0, 0.05) is 16.2 Å². The van der Waals surface area contributed by atoms with Gasteiger partial charge in [-0.05, 0) is 106 Å². The van der Waals surface area contributed by atoms with Crippen molar-refractivity contribution < 1.29 is 45.5 Å². The van der Waals surface area contributed by atoms with Gasteiger partial charge in [0.15, 0.2) is 0 Å². The molecule has 11 rings (SSSR count). The quantitative estimate of drug-likeness (QED) is 0.132. The van der Waals surface area contributed by atoms with Crippen molar-refractivity contribution in [3.63, 3.8) is 0 Å². The lowest BCUT2D eigenvalue weighted by molar-refractivity contribution is 0.673. The molecule has 0 fully saturated rings. The molecule has 52 heavy (non-hydrogen) atoms. The fraction of sp³-hybridized carbons (Fsp3) is 0.0196. The van der Waals surface area contributed by atoms with Crippen molar-refractivity contribution in [1.29, 1.82) is 0 Å². The first-order valence-electron chi connectivity index (χ1n) is 30.6. The van der Waals surface area contributed by atoms with Gasteiger partial charge in [-0.2, -0.15) is 0 Å². The van der Waals surface area contributed by atoms with Crippen LogP contribution in [0.15, 0.2) is 186 Å². The first-order valence-corrected chi connectivity index (χ1v) is 15.6. The molecule has 0 spiro atoms.